The Morgan fingerprint density at radius 2 is 2.19 bits per heavy atom. The van der Waals surface area contributed by atoms with Crippen LogP contribution in [0.5, 0.6) is 0 Å². The first-order valence-electron chi connectivity index (χ1n) is 5.41. The third-order valence-electron chi connectivity index (χ3n) is 2.89. The molecule has 3 unspecified atom stereocenters. The summed E-state index contributed by atoms with van der Waals surface area (Å²) in [7, 11) is 0. The molecule has 6 heteroatoms. The number of nitrogens with one attached hydrogen (secondary N) is 2. The van der Waals surface area contributed by atoms with Crippen molar-refractivity contribution in [3.05, 3.63) is 0 Å². The summed E-state index contributed by atoms with van der Waals surface area (Å²) in [6.45, 7) is 3.05. The number of hydrogen-bond acceptors (Lipinski definition) is 4. The third-order valence-corrected chi connectivity index (χ3v) is 2.89. The van der Waals surface area contributed by atoms with E-state index in [0.717, 1.165) is 6.54 Å². The van der Waals surface area contributed by atoms with Crippen molar-refractivity contribution in [3.63, 3.8) is 0 Å². The molecule has 1 aliphatic heterocycles. The van der Waals surface area contributed by atoms with Gasteiger partial charge in [0, 0.05) is 19.6 Å². The second-order valence-electron chi connectivity index (χ2n) is 4.15. The van der Waals surface area contributed by atoms with Crippen molar-refractivity contribution in [1.29, 1.82) is 0 Å². The van der Waals surface area contributed by atoms with Crippen LogP contribution in [0, 0.1) is 11.8 Å². The Bertz CT molecular complexity index is 270. The van der Waals surface area contributed by atoms with E-state index in [2.05, 4.69) is 10.6 Å². The SMILES string of the molecule is CC1CNCC1C(=O)NC(CCO)C(=O)O. The number of rotatable bonds is 5. The largest absolute Gasteiger partial charge is 0.480 e. The van der Waals surface area contributed by atoms with E-state index >= 15 is 0 Å². The van der Waals surface area contributed by atoms with E-state index in [1.54, 1.807) is 0 Å². The number of carboxylic acid groups (broad SMARTS) is 1. The molecule has 1 rings (SSSR count). The van der Waals surface area contributed by atoms with E-state index in [4.69, 9.17) is 10.2 Å². The van der Waals surface area contributed by atoms with E-state index in [1.807, 2.05) is 6.92 Å². The summed E-state index contributed by atoms with van der Waals surface area (Å²) in [5.41, 5.74) is 0. The molecule has 0 radical (unpaired) electrons. The molecule has 0 bridgehead atoms. The van der Waals surface area contributed by atoms with Gasteiger partial charge in [0.2, 0.25) is 5.91 Å². The molecule has 16 heavy (non-hydrogen) atoms. The van der Waals surface area contributed by atoms with Gasteiger partial charge in [0.15, 0.2) is 0 Å². The number of amides is 1. The fourth-order valence-electron chi connectivity index (χ4n) is 1.83. The molecule has 0 aliphatic carbocycles. The van der Waals surface area contributed by atoms with Crippen LogP contribution in [0.3, 0.4) is 0 Å². The smallest absolute Gasteiger partial charge is 0.326 e. The molecule has 0 aromatic rings. The number of aliphatic hydroxyl groups excluding tert-OH is 1. The maximum Gasteiger partial charge on any atom is 0.326 e. The molecule has 1 heterocycles. The highest BCUT2D eigenvalue weighted by Gasteiger charge is 2.31. The Balaban J connectivity index is 2.50. The zero-order chi connectivity index (χ0) is 12.1. The molecule has 0 aromatic carbocycles. The molecule has 0 spiro atoms. The van der Waals surface area contributed by atoms with Crippen LogP contribution < -0.4 is 10.6 Å². The number of carbonyl (C=O) groups is 2. The fourth-order valence-corrected chi connectivity index (χ4v) is 1.83. The van der Waals surface area contributed by atoms with E-state index in [0.29, 0.717) is 6.54 Å². The summed E-state index contributed by atoms with van der Waals surface area (Å²) in [4.78, 5) is 22.5. The van der Waals surface area contributed by atoms with Gasteiger partial charge >= 0.3 is 5.97 Å². The topological polar surface area (TPSA) is 98.7 Å². The monoisotopic (exact) mass is 230 g/mol. The van der Waals surface area contributed by atoms with Gasteiger partial charge in [-0.15, -0.1) is 0 Å². The average molecular weight is 230 g/mol. The summed E-state index contributed by atoms with van der Waals surface area (Å²) < 4.78 is 0. The Labute approximate surface area is 94.0 Å². The highest BCUT2D eigenvalue weighted by Crippen LogP contribution is 2.16. The lowest BCUT2D eigenvalue weighted by molar-refractivity contribution is -0.143. The quantitative estimate of drug-likeness (QED) is 0.475. The van der Waals surface area contributed by atoms with Crippen molar-refractivity contribution >= 4 is 11.9 Å². The van der Waals surface area contributed by atoms with E-state index < -0.39 is 12.0 Å². The molecule has 1 aliphatic rings. The normalized spacial score (nSPS) is 26.4. The first kappa shape index (κ1) is 12.9. The van der Waals surface area contributed by atoms with Crippen LogP contribution in [0.4, 0.5) is 0 Å². The zero-order valence-electron chi connectivity index (χ0n) is 9.27. The molecule has 1 saturated heterocycles. The molecule has 4 N–H and O–H groups in total. The molecule has 6 nitrogen and oxygen atoms in total. The van der Waals surface area contributed by atoms with Crippen molar-refractivity contribution in [2.75, 3.05) is 19.7 Å². The lowest BCUT2D eigenvalue weighted by atomic mass is 9.97. The molecule has 3 atom stereocenters. The van der Waals surface area contributed by atoms with Crippen LogP contribution in [0.15, 0.2) is 0 Å². The Hall–Kier alpha value is -1.14. The minimum absolute atomic E-state index is 0.0373. The second kappa shape index (κ2) is 5.81. The van der Waals surface area contributed by atoms with Gasteiger partial charge in [-0.1, -0.05) is 6.92 Å². The highest BCUT2D eigenvalue weighted by atomic mass is 16.4. The number of hydrogen-bond donors (Lipinski definition) is 4. The number of carboxylic acids is 1. The van der Waals surface area contributed by atoms with Crippen molar-refractivity contribution in [2.45, 2.75) is 19.4 Å². The lowest BCUT2D eigenvalue weighted by Gasteiger charge is -2.18. The molecule has 0 saturated carbocycles. The maximum absolute atomic E-state index is 11.7. The Morgan fingerprint density at radius 1 is 1.50 bits per heavy atom. The van der Waals surface area contributed by atoms with Crippen molar-refractivity contribution in [2.24, 2.45) is 11.8 Å². The van der Waals surface area contributed by atoms with Crippen LogP contribution in [-0.2, 0) is 9.59 Å². The first-order chi connectivity index (χ1) is 7.56. The second-order valence-corrected chi connectivity index (χ2v) is 4.15. The predicted molar refractivity (Wildman–Crippen MR) is 56.8 cm³/mol. The van der Waals surface area contributed by atoms with Gasteiger partial charge < -0.3 is 20.8 Å². The Kier molecular flexibility index (Phi) is 4.70. The zero-order valence-corrected chi connectivity index (χ0v) is 9.27. The summed E-state index contributed by atoms with van der Waals surface area (Å²) >= 11 is 0. The molecule has 1 amide bonds. The van der Waals surface area contributed by atoms with Crippen LogP contribution in [0.25, 0.3) is 0 Å². The first-order valence-corrected chi connectivity index (χ1v) is 5.41. The van der Waals surface area contributed by atoms with Gasteiger partial charge in [-0.25, -0.2) is 4.79 Å². The highest BCUT2D eigenvalue weighted by molar-refractivity contribution is 5.85. The Morgan fingerprint density at radius 3 is 2.62 bits per heavy atom. The van der Waals surface area contributed by atoms with Gasteiger partial charge in [0.05, 0.1) is 5.92 Å². The van der Waals surface area contributed by atoms with Crippen molar-refractivity contribution < 1.29 is 19.8 Å². The molecule has 1 fully saturated rings. The van der Waals surface area contributed by atoms with Gasteiger partial charge in [0.1, 0.15) is 6.04 Å². The van der Waals surface area contributed by atoms with Crippen molar-refractivity contribution in [3.8, 4) is 0 Å². The number of aliphatic hydroxyl groups is 1. The summed E-state index contributed by atoms with van der Waals surface area (Å²) in [6.07, 6.45) is 0.0373. The molecular formula is C10H18N2O4. The fraction of sp³-hybridized carbons (Fsp3) is 0.800. The van der Waals surface area contributed by atoms with Gasteiger partial charge in [-0.2, -0.15) is 0 Å². The van der Waals surface area contributed by atoms with Gasteiger partial charge in [0.25, 0.3) is 0 Å². The van der Waals surface area contributed by atoms with E-state index in [-0.39, 0.29) is 30.8 Å². The summed E-state index contributed by atoms with van der Waals surface area (Å²) in [5.74, 6) is -1.33. The molecular weight excluding hydrogens is 212 g/mol. The van der Waals surface area contributed by atoms with Gasteiger partial charge in [-0.3, -0.25) is 4.79 Å². The van der Waals surface area contributed by atoms with E-state index in [9.17, 15) is 9.59 Å². The van der Waals surface area contributed by atoms with Crippen LogP contribution in [-0.4, -0.2) is 47.8 Å². The average Bonchev–Trinajstić information content (AvgIpc) is 2.63. The van der Waals surface area contributed by atoms with Crippen LogP contribution >= 0.6 is 0 Å². The van der Waals surface area contributed by atoms with Crippen molar-refractivity contribution in [1.82, 2.24) is 10.6 Å². The minimum Gasteiger partial charge on any atom is -0.480 e. The third kappa shape index (κ3) is 3.18. The number of carbonyl (C=O) groups excluding carboxylic acids is 1. The number of aliphatic carboxylic acids is 1. The standard InChI is InChI=1S/C10H18N2O4/c1-6-4-11-5-7(6)9(14)12-8(2-3-13)10(15)16/h6-8,11,13H,2-5H2,1H3,(H,12,14)(H,15,16). The summed E-state index contributed by atoms with van der Waals surface area (Å²) in [6, 6.07) is -0.995. The predicted octanol–water partition coefficient (Wildman–Crippen LogP) is -1.21. The lowest BCUT2D eigenvalue weighted by Crippen LogP contribution is -2.45. The van der Waals surface area contributed by atoms with Crippen LogP contribution in [0.1, 0.15) is 13.3 Å². The molecule has 92 valence electrons. The molecule has 0 aromatic heterocycles. The summed E-state index contributed by atoms with van der Waals surface area (Å²) in [5, 5.41) is 23.0. The van der Waals surface area contributed by atoms with Crippen LogP contribution in [0.2, 0.25) is 0 Å². The van der Waals surface area contributed by atoms with Gasteiger partial charge in [-0.05, 0) is 12.5 Å². The van der Waals surface area contributed by atoms with E-state index in [1.165, 1.54) is 0 Å². The maximum atomic E-state index is 11.7. The minimum atomic E-state index is -1.11.